The monoisotopic (exact) mass is 219 g/mol. The molecule has 4 heteroatoms. The van der Waals surface area contributed by atoms with Gasteiger partial charge >= 0.3 is 0 Å². The Morgan fingerprint density at radius 1 is 1.27 bits per heavy atom. The fourth-order valence-corrected chi connectivity index (χ4v) is 1.77. The van der Waals surface area contributed by atoms with Crippen molar-refractivity contribution >= 4 is 23.0 Å². The molecule has 0 amide bonds. The average Bonchev–Trinajstić information content (AvgIpc) is 2.20. The Morgan fingerprint density at radius 3 is 2.53 bits per heavy atom. The third-order valence-corrected chi connectivity index (χ3v) is 2.59. The standard InChI is InChI=1S/C11H13N3S/c1-7-3-5-9(6-4-7)10-8(2)12-11(15)14-13-10/h3-6,8H,1-2H3,(H2,12,14,15). The third-order valence-electron chi connectivity index (χ3n) is 2.38. The quantitative estimate of drug-likeness (QED) is 0.704. The van der Waals surface area contributed by atoms with Crippen LogP contribution in [-0.2, 0) is 0 Å². The Kier molecular flexibility index (Phi) is 2.68. The molecule has 0 fully saturated rings. The van der Waals surface area contributed by atoms with Gasteiger partial charge in [-0.3, -0.25) is 5.43 Å². The van der Waals surface area contributed by atoms with Crippen molar-refractivity contribution in [1.82, 2.24) is 10.7 Å². The number of aryl methyl sites for hydroxylation is 1. The molecule has 0 aromatic heterocycles. The molecule has 1 atom stereocenters. The molecule has 1 aliphatic heterocycles. The van der Waals surface area contributed by atoms with Crippen LogP contribution in [0.3, 0.4) is 0 Å². The molecule has 0 bridgehead atoms. The lowest BCUT2D eigenvalue weighted by Crippen LogP contribution is -2.48. The Hall–Kier alpha value is -1.42. The Labute approximate surface area is 94.6 Å². The Bertz CT molecular complexity index is 408. The molecule has 1 aromatic carbocycles. The number of hydrogen-bond donors (Lipinski definition) is 2. The highest BCUT2D eigenvalue weighted by Crippen LogP contribution is 2.08. The first kappa shape index (κ1) is 10.1. The van der Waals surface area contributed by atoms with Crippen molar-refractivity contribution in [2.45, 2.75) is 19.9 Å². The molecule has 0 saturated carbocycles. The lowest BCUT2D eigenvalue weighted by Gasteiger charge is -2.23. The van der Waals surface area contributed by atoms with Crippen LogP contribution >= 0.6 is 12.2 Å². The lowest BCUT2D eigenvalue weighted by atomic mass is 10.0. The smallest absolute Gasteiger partial charge is 0.187 e. The van der Waals surface area contributed by atoms with Gasteiger partial charge in [0.2, 0.25) is 0 Å². The van der Waals surface area contributed by atoms with E-state index >= 15 is 0 Å². The lowest BCUT2D eigenvalue weighted by molar-refractivity contribution is 0.771. The molecular weight excluding hydrogens is 206 g/mol. The summed E-state index contributed by atoms with van der Waals surface area (Å²) in [6.07, 6.45) is 0. The van der Waals surface area contributed by atoms with E-state index in [-0.39, 0.29) is 6.04 Å². The molecule has 1 aliphatic rings. The van der Waals surface area contributed by atoms with Crippen molar-refractivity contribution in [3.05, 3.63) is 35.4 Å². The fourth-order valence-electron chi connectivity index (χ4n) is 1.54. The first-order valence-corrected chi connectivity index (χ1v) is 5.29. The van der Waals surface area contributed by atoms with Gasteiger partial charge in [0.15, 0.2) is 5.11 Å². The van der Waals surface area contributed by atoms with Crippen LogP contribution in [0.25, 0.3) is 0 Å². The van der Waals surface area contributed by atoms with Crippen molar-refractivity contribution < 1.29 is 0 Å². The maximum Gasteiger partial charge on any atom is 0.187 e. The summed E-state index contributed by atoms with van der Waals surface area (Å²) in [6, 6.07) is 8.46. The van der Waals surface area contributed by atoms with E-state index in [0.29, 0.717) is 5.11 Å². The molecule has 3 nitrogen and oxygen atoms in total. The van der Waals surface area contributed by atoms with E-state index in [9.17, 15) is 0 Å². The molecule has 0 radical (unpaired) electrons. The predicted molar refractivity (Wildman–Crippen MR) is 66.0 cm³/mol. The van der Waals surface area contributed by atoms with Gasteiger partial charge in [-0.15, -0.1) is 0 Å². The third kappa shape index (κ3) is 2.15. The van der Waals surface area contributed by atoms with Crippen LogP contribution in [0.2, 0.25) is 0 Å². The maximum absolute atomic E-state index is 4.98. The van der Waals surface area contributed by atoms with Crippen molar-refractivity contribution in [2.75, 3.05) is 0 Å². The minimum absolute atomic E-state index is 0.154. The van der Waals surface area contributed by atoms with E-state index in [0.717, 1.165) is 11.3 Å². The first-order valence-electron chi connectivity index (χ1n) is 4.88. The zero-order chi connectivity index (χ0) is 10.8. The molecular formula is C11H13N3S. The molecule has 1 heterocycles. The summed E-state index contributed by atoms with van der Waals surface area (Å²) in [5.41, 5.74) is 6.14. The fraction of sp³-hybridized carbons (Fsp3) is 0.273. The Balaban J connectivity index is 2.31. The van der Waals surface area contributed by atoms with E-state index in [1.807, 2.05) is 6.92 Å². The van der Waals surface area contributed by atoms with E-state index < -0.39 is 0 Å². The summed E-state index contributed by atoms with van der Waals surface area (Å²) < 4.78 is 0. The zero-order valence-electron chi connectivity index (χ0n) is 8.74. The maximum atomic E-state index is 4.98. The van der Waals surface area contributed by atoms with Gasteiger partial charge in [0.1, 0.15) is 0 Å². The summed E-state index contributed by atoms with van der Waals surface area (Å²) in [5.74, 6) is 0. The highest BCUT2D eigenvalue weighted by Gasteiger charge is 2.17. The van der Waals surface area contributed by atoms with Gasteiger partial charge in [-0.2, -0.15) is 5.10 Å². The second-order valence-corrected chi connectivity index (χ2v) is 4.08. The normalized spacial score (nSPS) is 20.3. The average molecular weight is 219 g/mol. The molecule has 2 N–H and O–H groups in total. The number of thiocarbonyl (C=S) groups is 1. The second kappa shape index (κ2) is 3.98. The Morgan fingerprint density at radius 2 is 1.93 bits per heavy atom. The van der Waals surface area contributed by atoms with Gasteiger partial charge in [-0.05, 0) is 31.6 Å². The van der Waals surface area contributed by atoms with Crippen LogP contribution in [0.5, 0.6) is 0 Å². The molecule has 15 heavy (non-hydrogen) atoms. The van der Waals surface area contributed by atoms with Crippen molar-refractivity contribution in [3.8, 4) is 0 Å². The van der Waals surface area contributed by atoms with Gasteiger partial charge in [-0.1, -0.05) is 29.8 Å². The van der Waals surface area contributed by atoms with E-state index in [2.05, 4.69) is 47.0 Å². The van der Waals surface area contributed by atoms with Gasteiger partial charge in [0.05, 0.1) is 11.8 Å². The summed E-state index contributed by atoms with van der Waals surface area (Å²) in [7, 11) is 0. The largest absolute Gasteiger partial charge is 0.353 e. The van der Waals surface area contributed by atoms with Crippen LogP contribution in [-0.4, -0.2) is 16.9 Å². The molecule has 1 unspecified atom stereocenters. The molecule has 0 saturated heterocycles. The van der Waals surface area contributed by atoms with Gasteiger partial charge in [0.25, 0.3) is 0 Å². The highest BCUT2D eigenvalue weighted by atomic mass is 32.1. The summed E-state index contributed by atoms with van der Waals surface area (Å²) >= 11 is 4.98. The molecule has 1 aromatic rings. The minimum Gasteiger partial charge on any atom is -0.353 e. The van der Waals surface area contributed by atoms with Crippen molar-refractivity contribution in [1.29, 1.82) is 0 Å². The van der Waals surface area contributed by atoms with Crippen LogP contribution in [0.1, 0.15) is 18.1 Å². The van der Waals surface area contributed by atoms with Gasteiger partial charge in [-0.25, -0.2) is 0 Å². The SMILES string of the molecule is Cc1ccc(C2=NNC(=S)NC2C)cc1. The van der Waals surface area contributed by atoms with Crippen LogP contribution < -0.4 is 10.7 Å². The molecule has 2 rings (SSSR count). The van der Waals surface area contributed by atoms with E-state index in [4.69, 9.17) is 12.2 Å². The van der Waals surface area contributed by atoms with Crippen LogP contribution in [0, 0.1) is 6.92 Å². The highest BCUT2D eigenvalue weighted by molar-refractivity contribution is 7.80. The molecule has 0 aliphatic carbocycles. The van der Waals surface area contributed by atoms with Crippen molar-refractivity contribution in [2.24, 2.45) is 5.10 Å². The summed E-state index contributed by atoms with van der Waals surface area (Å²) in [6.45, 7) is 4.12. The van der Waals surface area contributed by atoms with Crippen LogP contribution in [0.4, 0.5) is 0 Å². The van der Waals surface area contributed by atoms with E-state index in [1.165, 1.54) is 5.56 Å². The molecule has 0 spiro atoms. The number of hydrazone groups is 1. The predicted octanol–water partition coefficient (Wildman–Crippen LogP) is 1.57. The first-order chi connectivity index (χ1) is 7.16. The summed E-state index contributed by atoms with van der Waals surface area (Å²) in [5, 5.41) is 7.97. The van der Waals surface area contributed by atoms with E-state index in [1.54, 1.807) is 0 Å². The number of hydrogen-bond acceptors (Lipinski definition) is 2. The number of benzene rings is 1. The topological polar surface area (TPSA) is 36.4 Å². The summed E-state index contributed by atoms with van der Waals surface area (Å²) in [4.78, 5) is 0. The second-order valence-electron chi connectivity index (χ2n) is 3.67. The van der Waals surface area contributed by atoms with Crippen LogP contribution in [0.15, 0.2) is 29.4 Å². The minimum atomic E-state index is 0.154. The van der Waals surface area contributed by atoms with Gasteiger partial charge in [0, 0.05) is 0 Å². The number of nitrogens with one attached hydrogen (secondary N) is 2. The van der Waals surface area contributed by atoms with Gasteiger partial charge < -0.3 is 5.32 Å². The molecule has 78 valence electrons. The number of nitrogens with zero attached hydrogens (tertiary/aromatic N) is 1. The zero-order valence-corrected chi connectivity index (χ0v) is 9.56. The number of rotatable bonds is 1. The van der Waals surface area contributed by atoms with Crippen molar-refractivity contribution in [3.63, 3.8) is 0 Å².